The van der Waals surface area contributed by atoms with E-state index in [-0.39, 0.29) is 24.2 Å². The molecule has 208 valence electrons. The first kappa shape index (κ1) is 29.4. The second-order valence-electron chi connectivity index (χ2n) is 10.3. The maximum atomic E-state index is 13.3. The van der Waals surface area contributed by atoms with Crippen LogP contribution in [0.2, 0.25) is 0 Å². The number of anilines is 1. The number of nitrogens with one attached hydrogen (secondary N) is 2. The monoisotopic (exact) mass is 534 g/mol. The summed E-state index contributed by atoms with van der Waals surface area (Å²) < 4.78 is 12.1. The lowest BCUT2D eigenvalue weighted by atomic mass is 9.94. The third-order valence-corrected chi connectivity index (χ3v) is 6.20. The number of rotatable bonds is 12. The zero-order valence-electron chi connectivity index (χ0n) is 23.3. The molecule has 3 rings (SSSR count). The lowest BCUT2D eigenvalue weighted by Crippen LogP contribution is -2.47. The highest BCUT2D eigenvalue weighted by Crippen LogP contribution is 2.24. The maximum absolute atomic E-state index is 13.3. The van der Waals surface area contributed by atoms with Crippen LogP contribution in [0.15, 0.2) is 67.1 Å². The molecule has 1 heterocycles. The Morgan fingerprint density at radius 2 is 1.72 bits per heavy atom. The number of aryl methyl sites for hydroxylation is 1. The highest BCUT2D eigenvalue weighted by atomic mass is 16.5. The molecule has 9 heteroatoms. The molecule has 2 amide bonds. The quantitative estimate of drug-likeness (QED) is 0.330. The summed E-state index contributed by atoms with van der Waals surface area (Å²) in [7, 11) is 1.57. The topological polar surface area (TPSA) is 112 Å². The summed E-state index contributed by atoms with van der Waals surface area (Å²) >= 11 is 0. The Kier molecular flexibility index (Phi) is 10.3. The molecule has 2 aromatic carbocycles. The molecule has 0 aliphatic heterocycles. The van der Waals surface area contributed by atoms with Gasteiger partial charge in [-0.05, 0) is 49.4 Å². The molecule has 0 saturated heterocycles. The van der Waals surface area contributed by atoms with Gasteiger partial charge in [-0.15, -0.1) is 0 Å². The zero-order chi connectivity index (χ0) is 28.4. The number of imidazole rings is 1. The molecule has 0 radical (unpaired) electrons. The van der Waals surface area contributed by atoms with Crippen molar-refractivity contribution >= 4 is 23.6 Å². The lowest BCUT2D eigenvalue weighted by Gasteiger charge is -2.23. The van der Waals surface area contributed by atoms with E-state index in [9.17, 15) is 14.4 Å². The summed E-state index contributed by atoms with van der Waals surface area (Å²) in [6.45, 7) is 7.38. The van der Waals surface area contributed by atoms with Crippen molar-refractivity contribution in [2.24, 2.45) is 5.41 Å². The fourth-order valence-electron chi connectivity index (χ4n) is 3.99. The maximum Gasteiger partial charge on any atom is 0.333 e. The van der Waals surface area contributed by atoms with E-state index < -0.39 is 23.5 Å². The molecular formula is C30H38N4O5. The number of ether oxygens (including phenoxy) is 2. The summed E-state index contributed by atoms with van der Waals surface area (Å²) in [5.41, 5.74) is 1.20. The van der Waals surface area contributed by atoms with Gasteiger partial charge in [-0.2, -0.15) is 0 Å². The van der Waals surface area contributed by atoms with E-state index in [0.29, 0.717) is 24.2 Å². The molecule has 0 aliphatic carbocycles. The van der Waals surface area contributed by atoms with Gasteiger partial charge in [-0.3, -0.25) is 9.59 Å². The summed E-state index contributed by atoms with van der Waals surface area (Å²) in [4.78, 5) is 43.2. The van der Waals surface area contributed by atoms with Gasteiger partial charge in [0, 0.05) is 11.6 Å². The van der Waals surface area contributed by atoms with Crippen LogP contribution in [0.3, 0.4) is 0 Å². The molecule has 0 bridgehead atoms. The van der Waals surface area contributed by atoms with Gasteiger partial charge in [0.2, 0.25) is 11.8 Å². The first-order valence-corrected chi connectivity index (χ1v) is 13.1. The van der Waals surface area contributed by atoms with E-state index >= 15 is 0 Å². The Hall–Kier alpha value is -4.14. The van der Waals surface area contributed by atoms with Crippen LogP contribution in [0.5, 0.6) is 5.75 Å². The van der Waals surface area contributed by atoms with Crippen LogP contribution in [0.1, 0.15) is 57.7 Å². The van der Waals surface area contributed by atoms with Gasteiger partial charge in [0.25, 0.3) is 0 Å². The van der Waals surface area contributed by atoms with Gasteiger partial charge in [0.15, 0.2) is 11.9 Å². The molecule has 0 aliphatic rings. The predicted octanol–water partition coefficient (Wildman–Crippen LogP) is 4.54. The highest BCUT2D eigenvalue weighted by molar-refractivity contribution is 5.97. The fraction of sp³-hybridized carbons (Fsp3) is 0.400. The number of hydrogen-bond acceptors (Lipinski definition) is 6. The van der Waals surface area contributed by atoms with Crippen molar-refractivity contribution in [3.8, 4) is 5.75 Å². The van der Waals surface area contributed by atoms with E-state index in [1.165, 1.54) is 11.9 Å². The van der Waals surface area contributed by atoms with Crippen molar-refractivity contribution in [2.45, 2.75) is 59.0 Å². The third kappa shape index (κ3) is 8.43. The Morgan fingerprint density at radius 3 is 2.33 bits per heavy atom. The Balaban J connectivity index is 1.76. The first-order valence-electron chi connectivity index (χ1n) is 13.1. The molecule has 2 atom stereocenters. The smallest absolute Gasteiger partial charge is 0.333 e. The minimum atomic E-state index is -0.795. The van der Waals surface area contributed by atoms with Gasteiger partial charge in [0.1, 0.15) is 11.8 Å². The van der Waals surface area contributed by atoms with Crippen molar-refractivity contribution in [1.29, 1.82) is 0 Å². The number of carbonyl (C=O) groups excluding carboxylic acids is 3. The van der Waals surface area contributed by atoms with Crippen molar-refractivity contribution in [3.05, 3.63) is 78.2 Å². The summed E-state index contributed by atoms with van der Waals surface area (Å²) in [5.74, 6) is -0.108. The van der Waals surface area contributed by atoms with Crippen LogP contribution < -0.4 is 15.4 Å². The number of carbonyl (C=O) groups is 3. The number of aromatic nitrogens is 2. The molecule has 39 heavy (non-hydrogen) atoms. The molecule has 2 N–H and O–H groups in total. The molecule has 3 aromatic rings. The minimum absolute atomic E-state index is 0.213. The average molecular weight is 535 g/mol. The number of methoxy groups -OCH3 is 1. The SMILES string of the molecule is CCOC(=O)C(c1ccc(OC)cc1)n1cnc(NC(=O)C(CCCc2ccccc2)NC(=O)C(C)(C)C)c1. The van der Waals surface area contributed by atoms with Crippen molar-refractivity contribution < 1.29 is 23.9 Å². The van der Waals surface area contributed by atoms with Crippen LogP contribution in [-0.2, 0) is 25.5 Å². The molecular weight excluding hydrogens is 496 g/mol. The van der Waals surface area contributed by atoms with Crippen LogP contribution in [-0.4, -0.2) is 47.1 Å². The Morgan fingerprint density at radius 1 is 1.03 bits per heavy atom. The van der Waals surface area contributed by atoms with Crippen molar-refractivity contribution in [3.63, 3.8) is 0 Å². The van der Waals surface area contributed by atoms with E-state index in [2.05, 4.69) is 15.6 Å². The van der Waals surface area contributed by atoms with Gasteiger partial charge in [-0.25, -0.2) is 9.78 Å². The van der Waals surface area contributed by atoms with E-state index in [1.54, 1.807) is 69.8 Å². The van der Waals surface area contributed by atoms with Crippen LogP contribution in [0, 0.1) is 5.41 Å². The summed E-state index contributed by atoms with van der Waals surface area (Å²) in [5, 5.41) is 5.70. The number of hydrogen-bond donors (Lipinski definition) is 2. The highest BCUT2D eigenvalue weighted by Gasteiger charge is 2.29. The van der Waals surface area contributed by atoms with E-state index in [4.69, 9.17) is 9.47 Å². The van der Waals surface area contributed by atoms with Crippen LogP contribution >= 0.6 is 0 Å². The molecule has 1 aromatic heterocycles. The number of amides is 2. The normalized spacial score (nSPS) is 12.7. The average Bonchev–Trinajstić information content (AvgIpc) is 3.36. The van der Waals surface area contributed by atoms with Crippen LogP contribution in [0.25, 0.3) is 0 Å². The Labute approximate surface area is 229 Å². The van der Waals surface area contributed by atoms with Crippen molar-refractivity contribution in [2.75, 3.05) is 19.0 Å². The molecule has 0 saturated carbocycles. The second-order valence-corrected chi connectivity index (χ2v) is 10.3. The van der Waals surface area contributed by atoms with E-state index in [1.807, 2.05) is 30.3 Å². The van der Waals surface area contributed by atoms with Gasteiger partial charge in [-0.1, -0.05) is 63.2 Å². The zero-order valence-corrected chi connectivity index (χ0v) is 23.3. The molecule has 0 spiro atoms. The number of esters is 1. The van der Waals surface area contributed by atoms with Gasteiger partial charge < -0.3 is 24.7 Å². The predicted molar refractivity (Wildman–Crippen MR) is 149 cm³/mol. The molecule has 0 fully saturated rings. The minimum Gasteiger partial charge on any atom is -0.497 e. The number of benzene rings is 2. The first-order chi connectivity index (χ1) is 18.6. The van der Waals surface area contributed by atoms with Gasteiger partial charge >= 0.3 is 5.97 Å². The van der Waals surface area contributed by atoms with Crippen molar-refractivity contribution in [1.82, 2.24) is 14.9 Å². The van der Waals surface area contributed by atoms with E-state index in [0.717, 1.165) is 6.42 Å². The summed E-state index contributed by atoms with van der Waals surface area (Å²) in [6, 6.07) is 15.6. The standard InChI is InChI=1S/C30H38N4O5/c1-6-39-28(36)26(22-15-17-23(38-5)18-16-22)34-19-25(31-20-34)33-27(35)24(32-29(37)30(2,3)4)14-10-13-21-11-8-7-9-12-21/h7-9,11-12,15-20,24,26H,6,10,13-14H2,1-5H3,(H,32,37)(H,33,35). The lowest BCUT2D eigenvalue weighted by molar-refractivity contribution is -0.145. The fourth-order valence-corrected chi connectivity index (χ4v) is 3.99. The summed E-state index contributed by atoms with van der Waals surface area (Å²) in [6.07, 6.45) is 5.01. The second kappa shape index (κ2) is 13.6. The molecule has 9 nitrogen and oxygen atoms in total. The third-order valence-electron chi connectivity index (χ3n) is 6.20. The Bertz CT molecular complexity index is 1230. The number of nitrogens with zero attached hydrogens (tertiary/aromatic N) is 2. The van der Waals surface area contributed by atoms with Gasteiger partial charge in [0.05, 0.1) is 20.0 Å². The largest absolute Gasteiger partial charge is 0.497 e. The van der Waals surface area contributed by atoms with Crippen LogP contribution in [0.4, 0.5) is 5.82 Å². The molecule has 2 unspecified atom stereocenters.